The summed E-state index contributed by atoms with van der Waals surface area (Å²) >= 11 is 0. The number of piperazine rings is 2. The molecule has 6 fully saturated rings. The molecule has 0 spiro atoms. The molecule has 16 heteroatoms. The van der Waals surface area contributed by atoms with E-state index in [0.29, 0.717) is 39.1 Å². The van der Waals surface area contributed by atoms with Crippen LogP contribution in [0.4, 0.5) is 4.79 Å². The molecular formula is C38H58N10O6. The summed E-state index contributed by atoms with van der Waals surface area (Å²) in [7, 11) is 0. The van der Waals surface area contributed by atoms with Gasteiger partial charge in [0, 0.05) is 50.8 Å². The molecule has 6 aliphatic rings. The number of carbonyl (C=O) groups excluding carboxylic acids is 6. The molecule has 0 unspecified atom stereocenters. The van der Waals surface area contributed by atoms with Gasteiger partial charge >= 0.3 is 6.03 Å². The van der Waals surface area contributed by atoms with Crippen molar-refractivity contribution in [2.75, 3.05) is 39.3 Å². The van der Waals surface area contributed by atoms with E-state index in [1.807, 2.05) is 60.3 Å². The topological polar surface area (TPSA) is 203 Å². The molecule has 0 aliphatic carbocycles. The van der Waals surface area contributed by atoms with Crippen molar-refractivity contribution in [2.45, 2.75) is 141 Å². The highest BCUT2D eigenvalue weighted by Gasteiger charge is 2.52. The number of carbonyl (C=O) groups is 5. The van der Waals surface area contributed by atoms with Crippen LogP contribution >= 0.6 is 0 Å². The molecule has 8 atom stereocenters. The number of nitrogens with zero attached hydrogens (tertiary/aromatic N) is 8. The zero-order chi connectivity index (χ0) is 40.1. The monoisotopic (exact) mass is 750 g/mol. The highest BCUT2D eigenvalue weighted by molar-refractivity contribution is 5.92. The van der Waals surface area contributed by atoms with E-state index in [2.05, 4.69) is 27.8 Å². The fraction of sp³-hybridized carbons (Fsp3) is 0.789. The van der Waals surface area contributed by atoms with E-state index in [9.17, 15) is 34.0 Å². The Labute approximate surface area is 319 Å². The van der Waals surface area contributed by atoms with Gasteiger partial charge in [0.15, 0.2) is 0 Å². The van der Waals surface area contributed by atoms with Crippen molar-refractivity contribution in [3.05, 3.63) is 0 Å². The average molecular weight is 751 g/mol. The number of hydrogen-bond donors (Lipinski definition) is 2. The normalized spacial score (nSPS) is 28.0. The van der Waals surface area contributed by atoms with Crippen molar-refractivity contribution in [3.63, 3.8) is 0 Å². The number of isocyanates is 1. The first-order chi connectivity index (χ1) is 25.3. The minimum absolute atomic E-state index is 0.0117. The summed E-state index contributed by atoms with van der Waals surface area (Å²) in [6.45, 7) is 18.4. The summed E-state index contributed by atoms with van der Waals surface area (Å²) in [6, 6.07) is 3.29. The Morgan fingerprint density at radius 2 is 1.35 bits per heavy atom. The number of aliphatic imine (C=N–C) groups is 1. The summed E-state index contributed by atoms with van der Waals surface area (Å²) in [5.41, 5.74) is -0.600. The molecule has 0 aromatic rings. The van der Waals surface area contributed by atoms with Gasteiger partial charge in [-0.05, 0) is 80.1 Å². The van der Waals surface area contributed by atoms with Gasteiger partial charge in [-0.1, -0.05) is 13.8 Å². The lowest BCUT2D eigenvalue weighted by Gasteiger charge is -2.36. The van der Waals surface area contributed by atoms with Crippen molar-refractivity contribution in [1.29, 1.82) is 10.5 Å². The number of fused-ring (bicyclic) bond motifs is 4. The summed E-state index contributed by atoms with van der Waals surface area (Å²) in [6.07, 6.45) is 6.21. The van der Waals surface area contributed by atoms with Gasteiger partial charge in [-0.15, -0.1) is 0 Å². The Bertz CT molecular complexity index is 1570. The molecule has 0 radical (unpaired) electrons. The maximum atomic E-state index is 12.8. The highest BCUT2D eigenvalue weighted by Crippen LogP contribution is 2.33. The molecule has 16 nitrogen and oxygen atoms in total. The van der Waals surface area contributed by atoms with Gasteiger partial charge in [0.2, 0.25) is 29.7 Å². The van der Waals surface area contributed by atoms with Crippen LogP contribution in [0.5, 0.6) is 0 Å². The standard InChI is InChI=1S/C19H29N5O3.C14H20N4O2.C5H9NO/c1-12(16(25)22-7-5-6-13(22)9-20)10-23-14-8-15(17(23)26)24(11-14)18(27)21-19(2,3)4;1-9(13(19)17-4-2-3-10(17)6-15)8-18-11-5-12(14(18)20)16-7-11;1-5(2,3)6-4-7/h12-15H,5-8,10-11H2,1-4H3,(H,21,27);9-12,16H,2-5,7-8H2,1H3;1-3H3/t12-,13-,14-,15-;9-,10-,11-,12-;/m00./s1. The third-order valence-electron chi connectivity index (χ3n) is 10.7. The number of likely N-dealkylation sites (tertiary alicyclic amines) is 5. The second-order valence-electron chi connectivity index (χ2n) is 17.4. The second-order valence-corrected chi connectivity index (χ2v) is 17.4. The summed E-state index contributed by atoms with van der Waals surface area (Å²) < 4.78 is 0. The zero-order valence-corrected chi connectivity index (χ0v) is 33.1. The predicted octanol–water partition coefficient (Wildman–Crippen LogP) is 1.76. The lowest BCUT2D eigenvalue weighted by Crippen LogP contribution is -2.58. The minimum atomic E-state index is -0.432. The molecule has 0 aromatic heterocycles. The Balaban J connectivity index is 0.000000211. The molecule has 0 saturated carbocycles. The van der Waals surface area contributed by atoms with Crippen molar-refractivity contribution in [3.8, 4) is 12.1 Å². The quantitative estimate of drug-likeness (QED) is 0.300. The van der Waals surface area contributed by atoms with E-state index < -0.39 is 6.04 Å². The van der Waals surface area contributed by atoms with E-state index in [1.54, 1.807) is 19.6 Å². The van der Waals surface area contributed by atoms with E-state index in [4.69, 9.17) is 5.26 Å². The first-order valence-electron chi connectivity index (χ1n) is 19.2. The van der Waals surface area contributed by atoms with Crippen LogP contribution in [0.2, 0.25) is 0 Å². The molecule has 296 valence electrons. The molecule has 6 aliphatic heterocycles. The second kappa shape index (κ2) is 17.3. The largest absolute Gasteiger partial charge is 0.336 e. The minimum Gasteiger partial charge on any atom is -0.336 e. The lowest BCUT2D eigenvalue weighted by molar-refractivity contribution is -0.141. The smallest absolute Gasteiger partial charge is 0.318 e. The Hall–Kier alpha value is -4.53. The lowest BCUT2D eigenvalue weighted by atomic mass is 10.1. The molecule has 54 heavy (non-hydrogen) atoms. The van der Waals surface area contributed by atoms with Gasteiger partial charge in [-0.2, -0.15) is 10.5 Å². The number of rotatable bonds is 6. The number of nitrogens with one attached hydrogen (secondary N) is 2. The predicted molar refractivity (Wildman–Crippen MR) is 198 cm³/mol. The fourth-order valence-electron chi connectivity index (χ4n) is 8.04. The summed E-state index contributed by atoms with van der Waals surface area (Å²) in [5, 5.41) is 24.3. The van der Waals surface area contributed by atoms with Gasteiger partial charge in [0.1, 0.15) is 18.1 Å². The first-order valence-corrected chi connectivity index (χ1v) is 19.2. The van der Waals surface area contributed by atoms with Crippen LogP contribution < -0.4 is 10.6 Å². The molecular weight excluding hydrogens is 692 g/mol. The summed E-state index contributed by atoms with van der Waals surface area (Å²) in [4.78, 5) is 83.9. The Morgan fingerprint density at radius 1 is 0.833 bits per heavy atom. The third-order valence-corrected chi connectivity index (χ3v) is 10.7. The van der Waals surface area contributed by atoms with Crippen molar-refractivity contribution in [2.24, 2.45) is 16.8 Å². The maximum absolute atomic E-state index is 12.8. The molecule has 6 rings (SSSR count). The van der Waals surface area contributed by atoms with E-state index in [1.165, 1.54) is 6.08 Å². The SMILES string of the molecule is CC(C)(C)N=C=O.C[C@@H](CN1C(=O)[C@@H]2C[C@H]1CN2)C(=O)N1CCC[C@H]1C#N.C[C@@H](CN1C(=O)[C@@H]2C[C@H]1CN2C(=O)NC(C)(C)C)C(=O)N1CCC[C@H]1C#N. The maximum Gasteiger partial charge on any atom is 0.318 e. The van der Waals surface area contributed by atoms with Gasteiger partial charge in [0.05, 0.1) is 41.6 Å². The third kappa shape index (κ3) is 9.96. The molecule has 2 N–H and O–H groups in total. The van der Waals surface area contributed by atoms with Crippen molar-refractivity contribution >= 4 is 35.7 Å². The zero-order valence-electron chi connectivity index (χ0n) is 33.1. The first kappa shape index (κ1) is 42.2. The van der Waals surface area contributed by atoms with Gasteiger partial charge in [-0.25, -0.2) is 14.6 Å². The van der Waals surface area contributed by atoms with Crippen LogP contribution in [0.1, 0.15) is 93.9 Å². The van der Waals surface area contributed by atoms with Crippen LogP contribution in [-0.4, -0.2) is 147 Å². The van der Waals surface area contributed by atoms with Crippen LogP contribution in [0.3, 0.4) is 0 Å². The van der Waals surface area contributed by atoms with E-state index in [-0.39, 0.29) is 82.8 Å². The van der Waals surface area contributed by atoms with Crippen molar-refractivity contribution < 1.29 is 28.8 Å². The van der Waals surface area contributed by atoms with Gasteiger partial charge in [0.25, 0.3) is 0 Å². The van der Waals surface area contributed by atoms with Crippen LogP contribution in [0.15, 0.2) is 4.99 Å². The molecule has 4 bridgehead atoms. The average Bonchev–Trinajstić information content (AvgIpc) is 3.95. The van der Waals surface area contributed by atoms with Crippen molar-refractivity contribution in [1.82, 2.24) is 35.1 Å². The number of hydrogen-bond acceptors (Lipinski definition) is 10. The van der Waals surface area contributed by atoms with Crippen LogP contribution in [0.25, 0.3) is 0 Å². The fourth-order valence-corrected chi connectivity index (χ4v) is 8.04. The van der Waals surface area contributed by atoms with Gasteiger partial charge < -0.3 is 35.1 Å². The molecule has 0 aromatic carbocycles. The number of amides is 6. The van der Waals surface area contributed by atoms with E-state index in [0.717, 1.165) is 38.6 Å². The van der Waals surface area contributed by atoms with Crippen LogP contribution in [0, 0.1) is 34.5 Å². The summed E-state index contributed by atoms with van der Waals surface area (Å²) in [5.74, 6) is -0.576. The molecule has 6 saturated heterocycles. The molecule has 6 amide bonds. The number of nitriles is 2. The highest BCUT2D eigenvalue weighted by atomic mass is 16.2. The van der Waals surface area contributed by atoms with E-state index >= 15 is 0 Å². The Kier molecular flexibility index (Phi) is 13.5. The molecule has 6 heterocycles. The van der Waals surface area contributed by atoms with Crippen LogP contribution in [-0.2, 0) is 24.0 Å². The Morgan fingerprint density at radius 3 is 1.74 bits per heavy atom. The van der Waals surface area contributed by atoms with Gasteiger partial charge in [-0.3, -0.25) is 19.2 Å². The number of urea groups is 1.